The summed E-state index contributed by atoms with van der Waals surface area (Å²) in [6.07, 6.45) is 4.10. The third-order valence-electron chi connectivity index (χ3n) is 2.64. The first-order valence-corrected chi connectivity index (χ1v) is 5.35. The second-order valence-electron chi connectivity index (χ2n) is 3.94. The normalized spacial score (nSPS) is 24.1. The van der Waals surface area contributed by atoms with Crippen LogP contribution in [0.4, 0.5) is 14.9 Å². The molecule has 1 aromatic heterocycles. The predicted molar refractivity (Wildman–Crippen MR) is 58.9 cm³/mol. The molecule has 0 spiro atoms. The minimum Gasteiger partial charge on any atom is -0.335 e. The van der Waals surface area contributed by atoms with Gasteiger partial charge in [0.2, 0.25) is 0 Å². The zero-order valence-electron chi connectivity index (χ0n) is 8.82. The molecule has 1 saturated carbocycles. The maximum absolute atomic E-state index is 12.9. The van der Waals surface area contributed by atoms with Gasteiger partial charge in [-0.2, -0.15) is 0 Å². The summed E-state index contributed by atoms with van der Waals surface area (Å²) in [6, 6.07) is 3.07. The van der Waals surface area contributed by atoms with E-state index in [1.54, 1.807) is 24.5 Å². The molecule has 86 valence electrons. The smallest absolute Gasteiger partial charge is 0.319 e. The molecular weight excluding hydrogens is 209 g/mol. The molecule has 1 aromatic rings. The van der Waals surface area contributed by atoms with E-state index in [2.05, 4.69) is 15.6 Å². The summed E-state index contributed by atoms with van der Waals surface area (Å²) in [5.74, 6) is 0. The molecule has 0 radical (unpaired) electrons. The molecule has 0 saturated heterocycles. The van der Waals surface area contributed by atoms with Crippen molar-refractivity contribution >= 4 is 11.7 Å². The highest BCUT2D eigenvalue weighted by molar-refractivity contribution is 5.89. The fraction of sp³-hybridized carbons (Fsp3) is 0.455. The molecular formula is C11H14FN3O. The van der Waals surface area contributed by atoms with Crippen LogP contribution < -0.4 is 10.6 Å². The Bertz CT molecular complexity index is 358. The Hall–Kier alpha value is -1.65. The molecule has 1 fully saturated rings. The molecule has 5 heteroatoms. The fourth-order valence-electron chi connectivity index (χ4n) is 1.85. The maximum Gasteiger partial charge on any atom is 0.319 e. The molecule has 2 atom stereocenters. The van der Waals surface area contributed by atoms with E-state index in [1.165, 1.54) is 0 Å². The van der Waals surface area contributed by atoms with E-state index in [0.29, 0.717) is 24.9 Å². The van der Waals surface area contributed by atoms with Crippen molar-refractivity contribution in [3.05, 3.63) is 24.5 Å². The van der Waals surface area contributed by atoms with E-state index < -0.39 is 6.17 Å². The van der Waals surface area contributed by atoms with E-state index in [-0.39, 0.29) is 12.1 Å². The quantitative estimate of drug-likeness (QED) is 0.806. The van der Waals surface area contributed by atoms with Crippen LogP contribution in [0.2, 0.25) is 0 Å². The number of amides is 2. The van der Waals surface area contributed by atoms with Crippen LogP contribution in [0.5, 0.6) is 0 Å². The Balaban J connectivity index is 1.81. The number of rotatable bonds is 2. The average Bonchev–Trinajstić information content (AvgIpc) is 2.65. The van der Waals surface area contributed by atoms with Crippen LogP contribution in [-0.4, -0.2) is 23.2 Å². The van der Waals surface area contributed by atoms with Crippen molar-refractivity contribution in [2.75, 3.05) is 5.32 Å². The predicted octanol–water partition coefficient (Wildman–Crippen LogP) is 2.09. The number of alkyl halides is 1. The summed E-state index contributed by atoms with van der Waals surface area (Å²) >= 11 is 0. The van der Waals surface area contributed by atoms with Crippen LogP contribution in [-0.2, 0) is 0 Å². The van der Waals surface area contributed by atoms with Gasteiger partial charge in [-0.25, -0.2) is 9.18 Å². The van der Waals surface area contributed by atoms with Crippen molar-refractivity contribution in [1.82, 2.24) is 10.3 Å². The number of carbonyl (C=O) groups is 1. The van der Waals surface area contributed by atoms with Gasteiger partial charge >= 0.3 is 6.03 Å². The Kier molecular flexibility index (Phi) is 3.34. The third-order valence-corrected chi connectivity index (χ3v) is 2.64. The number of halogens is 1. The zero-order valence-corrected chi connectivity index (χ0v) is 8.82. The van der Waals surface area contributed by atoms with Crippen LogP contribution in [0.3, 0.4) is 0 Å². The summed E-state index contributed by atoms with van der Waals surface area (Å²) in [7, 11) is 0. The first kappa shape index (κ1) is 10.9. The molecule has 0 aliphatic heterocycles. The van der Waals surface area contributed by atoms with Gasteiger partial charge < -0.3 is 10.6 Å². The van der Waals surface area contributed by atoms with Crippen LogP contribution in [0.25, 0.3) is 0 Å². The maximum atomic E-state index is 12.9. The number of hydrogen-bond donors (Lipinski definition) is 2. The number of aromatic nitrogens is 1. The molecule has 1 heterocycles. The second-order valence-corrected chi connectivity index (χ2v) is 3.94. The van der Waals surface area contributed by atoms with Crippen molar-refractivity contribution in [2.45, 2.75) is 31.5 Å². The number of pyridine rings is 1. The van der Waals surface area contributed by atoms with Gasteiger partial charge in [0, 0.05) is 24.1 Å². The number of nitrogens with zero attached hydrogens (tertiary/aromatic N) is 1. The van der Waals surface area contributed by atoms with Crippen LogP contribution in [0.1, 0.15) is 19.3 Å². The second kappa shape index (κ2) is 4.92. The van der Waals surface area contributed by atoms with Gasteiger partial charge in [-0.15, -0.1) is 0 Å². The van der Waals surface area contributed by atoms with Crippen molar-refractivity contribution in [3.8, 4) is 0 Å². The summed E-state index contributed by atoms with van der Waals surface area (Å²) in [4.78, 5) is 15.4. The van der Waals surface area contributed by atoms with Crippen molar-refractivity contribution in [2.24, 2.45) is 0 Å². The molecule has 4 nitrogen and oxygen atoms in total. The van der Waals surface area contributed by atoms with Crippen LogP contribution >= 0.6 is 0 Å². The third kappa shape index (κ3) is 2.92. The van der Waals surface area contributed by atoms with E-state index in [9.17, 15) is 9.18 Å². The lowest BCUT2D eigenvalue weighted by atomic mass is 10.2. The molecule has 16 heavy (non-hydrogen) atoms. The molecule has 0 aromatic carbocycles. The first-order chi connectivity index (χ1) is 7.74. The van der Waals surface area contributed by atoms with Crippen molar-refractivity contribution in [3.63, 3.8) is 0 Å². The Morgan fingerprint density at radius 2 is 2.12 bits per heavy atom. The summed E-state index contributed by atoms with van der Waals surface area (Å²) in [5, 5.41) is 5.42. The lowest BCUT2D eigenvalue weighted by Crippen LogP contribution is -2.36. The molecule has 1 aliphatic carbocycles. The largest absolute Gasteiger partial charge is 0.335 e. The minimum absolute atomic E-state index is 0.0446. The zero-order chi connectivity index (χ0) is 11.4. The summed E-state index contributed by atoms with van der Waals surface area (Å²) in [5.41, 5.74) is 0.683. The number of nitrogens with one attached hydrogen (secondary N) is 2. The van der Waals surface area contributed by atoms with Gasteiger partial charge in [0.15, 0.2) is 0 Å². The van der Waals surface area contributed by atoms with Gasteiger partial charge in [0.1, 0.15) is 6.17 Å². The van der Waals surface area contributed by atoms with Gasteiger partial charge in [0.05, 0.1) is 0 Å². The molecule has 0 bridgehead atoms. The summed E-state index contributed by atoms with van der Waals surface area (Å²) < 4.78 is 12.9. The van der Waals surface area contributed by atoms with Gasteiger partial charge in [0.25, 0.3) is 0 Å². The fourth-order valence-corrected chi connectivity index (χ4v) is 1.85. The van der Waals surface area contributed by atoms with Crippen LogP contribution in [0, 0.1) is 0 Å². The highest BCUT2D eigenvalue weighted by Crippen LogP contribution is 2.21. The monoisotopic (exact) mass is 223 g/mol. The van der Waals surface area contributed by atoms with Crippen molar-refractivity contribution < 1.29 is 9.18 Å². The standard InChI is InChI=1S/C11H14FN3O/c12-8-1-2-10(7-8)15-11(16)14-9-3-5-13-6-4-9/h3-6,8,10H,1-2,7H2,(H2,13,14,15,16)/t8-,10-/m1/s1. The summed E-state index contributed by atoms with van der Waals surface area (Å²) in [6.45, 7) is 0. The topological polar surface area (TPSA) is 54.0 Å². The number of hydrogen-bond acceptors (Lipinski definition) is 2. The van der Waals surface area contributed by atoms with E-state index in [4.69, 9.17) is 0 Å². The van der Waals surface area contributed by atoms with Crippen LogP contribution in [0.15, 0.2) is 24.5 Å². The van der Waals surface area contributed by atoms with Gasteiger partial charge in [-0.3, -0.25) is 4.98 Å². The Labute approximate surface area is 93.3 Å². The molecule has 2 rings (SSSR count). The lowest BCUT2D eigenvalue weighted by Gasteiger charge is -2.12. The average molecular weight is 223 g/mol. The Morgan fingerprint density at radius 3 is 2.75 bits per heavy atom. The minimum atomic E-state index is -0.772. The van der Waals surface area contributed by atoms with E-state index >= 15 is 0 Å². The van der Waals surface area contributed by atoms with Gasteiger partial charge in [-0.05, 0) is 31.4 Å². The van der Waals surface area contributed by atoms with E-state index in [1.807, 2.05) is 0 Å². The molecule has 1 aliphatic rings. The highest BCUT2D eigenvalue weighted by Gasteiger charge is 2.25. The number of carbonyl (C=O) groups excluding carboxylic acids is 1. The van der Waals surface area contributed by atoms with Crippen molar-refractivity contribution in [1.29, 1.82) is 0 Å². The Morgan fingerprint density at radius 1 is 1.38 bits per heavy atom. The van der Waals surface area contributed by atoms with E-state index in [0.717, 1.165) is 0 Å². The number of anilines is 1. The molecule has 0 unspecified atom stereocenters. The molecule has 2 amide bonds. The van der Waals surface area contributed by atoms with Gasteiger partial charge in [-0.1, -0.05) is 0 Å². The first-order valence-electron chi connectivity index (χ1n) is 5.35. The molecule has 2 N–H and O–H groups in total. The SMILES string of the molecule is O=C(Nc1ccncc1)N[C@@H]1CC[C@@H](F)C1. The lowest BCUT2D eigenvalue weighted by molar-refractivity contribution is 0.247. The highest BCUT2D eigenvalue weighted by atomic mass is 19.1. The number of urea groups is 1.